The zero-order valence-electron chi connectivity index (χ0n) is 13.0. The Kier molecular flexibility index (Phi) is 5.92. The highest BCUT2D eigenvalue weighted by molar-refractivity contribution is 7.90. The lowest BCUT2D eigenvalue weighted by atomic mass is 10.2. The molecular formula is C15H23NO4S. The summed E-state index contributed by atoms with van der Waals surface area (Å²) in [5, 5.41) is 3.13. The van der Waals surface area contributed by atoms with Gasteiger partial charge in [0.15, 0.2) is 9.84 Å². The van der Waals surface area contributed by atoms with Gasteiger partial charge in [0.25, 0.3) is 0 Å². The van der Waals surface area contributed by atoms with E-state index in [0.29, 0.717) is 24.4 Å². The largest absolute Gasteiger partial charge is 0.460 e. The Hall–Kier alpha value is -1.40. The van der Waals surface area contributed by atoms with E-state index in [-0.39, 0.29) is 5.97 Å². The van der Waals surface area contributed by atoms with Gasteiger partial charge in [-0.1, -0.05) is 12.1 Å². The number of carbonyl (C=O) groups excluding carboxylic acids is 1. The number of esters is 1. The molecule has 0 heterocycles. The minimum Gasteiger partial charge on any atom is -0.460 e. The molecule has 5 nitrogen and oxygen atoms in total. The number of benzene rings is 1. The number of ether oxygens (including phenoxy) is 1. The van der Waals surface area contributed by atoms with Crippen LogP contribution in [-0.2, 0) is 25.9 Å². The van der Waals surface area contributed by atoms with Crippen molar-refractivity contribution in [2.45, 2.75) is 44.2 Å². The molecule has 0 bridgehead atoms. The first-order chi connectivity index (χ1) is 9.58. The second-order valence-corrected chi connectivity index (χ2v) is 7.95. The molecule has 0 amide bonds. The standard InChI is InChI=1S/C15H23NO4S/c1-15(2,3)20-14(17)9-10-16-11-12-5-7-13(8-6-12)21(4,18)19/h5-8,16H,9-11H2,1-4H3. The van der Waals surface area contributed by atoms with Crippen LogP contribution in [0.1, 0.15) is 32.8 Å². The van der Waals surface area contributed by atoms with Crippen LogP contribution >= 0.6 is 0 Å². The second kappa shape index (κ2) is 7.04. The van der Waals surface area contributed by atoms with Crippen molar-refractivity contribution in [2.75, 3.05) is 12.8 Å². The molecule has 1 N–H and O–H groups in total. The van der Waals surface area contributed by atoms with E-state index < -0.39 is 15.4 Å². The Balaban J connectivity index is 2.35. The Morgan fingerprint density at radius 1 is 1.19 bits per heavy atom. The monoisotopic (exact) mass is 313 g/mol. The first-order valence-electron chi connectivity index (χ1n) is 6.79. The van der Waals surface area contributed by atoms with Gasteiger partial charge in [0, 0.05) is 19.3 Å². The lowest BCUT2D eigenvalue weighted by Crippen LogP contribution is -2.26. The zero-order valence-corrected chi connectivity index (χ0v) is 13.8. The summed E-state index contributed by atoms with van der Waals surface area (Å²) in [5.41, 5.74) is 0.505. The number of sulfone groups is 1. The third kappa shape index (κ3) is 7.24. The smallest absolute Gasteiger partial charge is 0.307 e. The summed E-state index contributed by atoms with van der Waals surface area (Å²) in [4.78, 5) is 11.8. The van der Waals surface area contributed by atoms with Crippen LogP contribution in [0.5, 0.6) is 0 Å². The molecule has 0 radical (unpaired) electrons. The molecule has 1 rings (SSSR count). The molecule has 0 saturated heterocycles. The Bertz CT molecular complexity index is 571. The maximum Gasteiger partial charge on any atom is 0.307 e. The average Bonchev–Trinajstić information content (AvgIpc) is 2.32. The molecule has 0 aliphatic rings. The molecule has 1 aromatic carbocycles. The first-order valence-corrected chi connectivity index (χ1v) is 8.69. The van der Waals surface area contributed by atoms with Crippen LogP contribution < -0.4 is 5.32 Å². The molecule has 0 aliphatic carbocycles. The van der Waals surface area contributed by atoms with Crippen molar-refractivity contribution in [1.82, 2.24) is 5.32 Å². The minimum atomic E-state index is -3.15. The fourth-order valence-electron chi connectivity index (χ4n) is 1.67. The predicted molar refractivity (Wildman–Crippen MR) is 81.7 cm³/mol. The number of nitrogens with one attached hydrogen (secondary N) is 1. The van der Waals surface area contributed by atoms with Gasteiger partial charge < -0.3 is 10.1 Å². The maximum absolute atomic E-state index is 11.5. The molecular weight excluding hydrogens is 290 g/mol. The van der Waals surface area contributed by atoms with Crippen molar-refractivity contribution in [3.63, 3.8) is 0 Å². The molecule has 0 fully saturated rings. The van der Waals surface area contributed by atoms with E-state index >= 15 is 0 Å². The van der Waals surface area contributed by atoms with Gasteiger partial charge >= 0.3 is 5.97 Å². The first kappa shape index (κ1) is 17.7. The van der Waals surface area contributed by atoms with Crippen molar-refractivity contribution in [1.29, 1.82) is 0 Å². The van der Waals surface area contributed by atoms with Crippen molar-refractivity contribution in [2.24, 2.45) is 0 Å². The Morgan fingerprint density at radius 3 is 2.24 bits per heavy atom. The normalized spacial score (nSPS) is 12.2. The van der Waals surface area contributed by atoms with Gasteiger partial charge in [-0.15, -0.1) is 0 Å². The highest BCUT2D eigenvalue weighted by Gasteiger charge is 2.15. The number of hydrogen-bond acceptors (Lipinski definition) is 5. The summed E-state index contributed by atoms with van der Waals surface area (Å²) in [5.74, 6) is -0.234. The molecule has 118 valence electrons. The lowest BCUT2D eigenvalue weighted by Gasteiger charge is -2.19. The van der Waals surface area contributed by atoms with Gasteiger partial charge in [0.2, 0.25) is 0 Å². The summed E-state index contributed by atoms with van der Waals surface area (Å²) < 4.78 is 27.9. The van der Waals surface area contributed by atoms with Crippen molar-refractivity contribution in [3.05, 3.63) is 29.8 Å². The summed E-state index contributed by atoms with van der Waals surface area (Å²) in [6, 6.07) is 6.69. The summed E-state index contributed by atoms with van der Waals surface area (Å²) in [6.45, 7) is 6.60. The second-order valence-electron chi connectivity index (χ2n) is 5.93. The van der Waals surface area contributed by atoms with Gasteiger partial charge in [0.1, 0.15) is 5.60 Å². The Labute approximate surface area is 126 Å². The highest BCUT2D eigenvalue weighted by Crippen LogP contribution is 2.10. The third-order valence-electron chi connectivity index (χ3n) is 2.61. The van der Waals surface area contributed by atoms with Crippen LogP contribution in [0.15, 0.2) is 29.2 Å². The van der Waals surface area contributed by atoms with Crippen LogP contribution in [-0.4, -0.2) is 32.8 Å². The summed E-state index contributed by atoms with van der Waals surface area (Å²) >= 11 is 0. The van der Waals surface area contributed by atoms with Crippen LogP contribution in [0, 0.1) is 0 Å². The molecule has 0 aromatic heterocycles. The van der Waals surface area contributed by atoms with Gasteiger partial charge in [-0.2, -0.15) is 0 Å². The van der Waals surface area contributed by atoms with Gasteiger partial charge in [-0.3, -0.25) is 4.79 Å². The van der Waals surface area contributed by atoms with Gasteiger partial charge in [0.05, 0.1) is 11.3 Å². The number of rotatable bonds is 6. The van der Waals surface area contributed by atoms with E-state index in [1.807, 2.05) is 20.8 Å². The molecule has 21 heavy (non-hydrogen) atoms. The lowest BCUT2D eigenvalue weighted by molar-refractivity contribution is -0.154. The molecule has 0 saturated carbocycles. The van der Waals surface area contributed by atoms with Crippen molar-refractivity contribution in [3.8, 4) is 0 Å². The fourth-order valence-corrected chi connectivity index (χ4v) is 2.30. The SMILES string of the molecule is CC(C)(C)OC(=O)CCNCc1ccc(S(C)(=O)=O)cc1. The quantitative estimate of drug-likeness (QED) is 0.641. The van der Waals surface area contributed by atoms with Gasteiger partial charge in [-0.05, 0) is 38.5 Å². The Morgan fingerprint density at radius 2 is 1.76 bits per heavy atom. The average molecular weight is 313 g/mol. The number of hydrogen-bond donors (Lipinski definition) is 1. The molecule has 0 unspecified atom stereocenters. The van der Waals surface area contributed by atoms with E-state index in [0.717, 1.165) is 5.56 Å². The van der Waals surface area contributed by atoms with E-state index in [1.165, 1.54) is 6.26 Å². The molecule has 0 spiro atoms. The third-order valence-corrected chi connectivity index (χ3v) is 3.74. The maximum atomic E-state index is 11.5. The van der Waals surface area contributed by atoms with E-state index in [1.54, 1.807) is 24.3 Å². The topological polar surface area (TPSA) is 72.5 Å². The molecule has 0 atom stereocenters. The number of carbonyl (C=O) groups is 1. The fraction of sp³-hybridized carbons (Fsp3) is 0.533. The predicted octanol–water partition coefficient (Wildman–Crippen LogP) is 1.91. The van der Waals surface area contributed by atoms with E-state index in [2.05, 4.69) is 5.32 Å². The summed E-state index contributed by atoms with van der Waals surface area (Å²) in [7, 11) is -3.15. The van der Waals surface area contributed by atoms with E-state index in [4.69, 9.17) is 4.74 Å². The van der Waals surface area contributed by atoms with Crippen molar-refractivity contribution < 1.29 is 17.9 Å². The van der Waals surface area contributed by atoms with Crippen LogP contribution in [0.3, 0.4) is 0 Å². The van der Waals surface area contributed by atoms with Crippen LogP contribution in [0.25, 0.3) is 0 Å². The van der Waals surface area contributed by atoms with E-state index in [9.17, 15) is 13.2 Å². The van der Waals surface area contributed by atoms with Crippen LogP contribution in [0.4, 0.5) is 0 Å². The van der Waals surface area contributed by atoms with Crippen LogP contribution in [0.2, 0.25) is 0 Å². The summed E-state index contributed by atoms with van der Waals surface area (Å²) in [6.07, 6.45) is 1.49. The minimum absolute atomic E-state index is 0.234. The van der Waals surface area contributed by atoms with Crippen molar-refractivity contribution >= 4 is 15.8 Å². The zero-order chi connectivity index (χ0) is 16.1. The van der Waals surface area contributed by atoms with Gasteiger partial charge in [-0.25, -0.2) is 8.42 Å². The molecule has 1 aromatic rings. The molecule has 6 heteroatoms. The molecule has 0 aliphatic heterocycles. The highest BCUT2D eigenvalue weighted by atomic mass is 32.2.